The van der Waals surface area contributed by atoms with Crippen LogP contribution >= 0.6 is 0 Å². The van der Waals surface area contributed by atoms with Crippen molar-refractivity contribution in [1.82, 2.24) is 9.80 Å². The number of nitrogens with two attached hydrogens (primary N) is 1. The van der Waals surface area contributed by atoms with E-state index in [1.54, 1.807) is 0 Å². The molecule has 4 nitrogen and oxygen atoms in total. The third-order valence-electron chi connectivity index (χ3n) is 3.96. The number of likely N-dealkylation sites (tertiary alicyclic amines) is 1. The van der Waals surface area contributed by atoms with Crippen molar-refractivity contribution in [2.45, 2.75) is 39.7 Å². The molecule has 17 heavy (non-hydrogen) atoms. The van der Waals surface area contributed by atoms with Crippen molar-refractivity contribution in [1.29, 1.82) is 0 Å². The Morgan fingerprint density at radius 3 is 2.35 bits per heavy atom. The van der Waals surface area contributed by atoms with Gasteiger partial charge in [0.25, 0.3) is 0 Å². The van der Waals surface area contributed by atoms with Gasteiger partial charge in [-0.3, -0.25) is 4.79 Å². The molecule has 0 radical (unpaired) electrons. The van der Waals surface area contributed by atoms with Crippen LogP contribution in [0.5, 0.6) is 0 Å². The second-order valence-corrected chi connectivity index (χ2v) is 5.67. The average Bonchev–Trinajstić information content (AvgIpc) is 2.37. The molecule has 0 bridgehead atoms. The molecule has 4 heteroatoms. The summed E-state index contributed by atoms with van der Waals surface area (Å²) in [6.07, 6.45) is 2.16. The lowest BCUT2D eigenvalue weighted by atomic mass is 9.90. The summed E-state index contributed by atoms with van der Waals surface area (Å²) in [6.45, 7) is 9.75. The van der Waals surface area contributed by atoms with Gasteiger partial charge in [-0.2, -0.15) is 0 Å². The number of carbonyl (C=O) groups is 1. The van der Waals surface area contributed by atoms with Gasteiger partial charge in [-0.1, -0.05) is 6.92 Å². The van der Waals surface area contributed by atoms with Crippen molar-refractivity contribution >= 4 is 5.91 Å². The van der Waals surface area contributed by atoms with Gasteiger partial charge in [0.15, 0.2) is 0 Å². The highest BCUT2D eigenvalue weighted by Crippen LogP contribution is 2.22. The predicted molar refractivity (Wildman–Crippen MR) is 70.7 cm³/mol. The fraction of sp³-hybridized carbons (Fsp3) is 0.923. The van der Waals surface area contributed by atoms with Crippen LogP contribution in [-0.4, -0.2) is 55.0 Å². The summed E-state index contributed by atoms with van der Waals surface area (Å²) in [5.74, 6) is 0.176. The van der Waals surface area contributed by atoms with Crippen LogP contribution in [-0.2, 0) is 4.79 Å². The van der Waals surface area contributed by atoms with Crippen LogP contribution < -0.4 is 5.73 Å². The molecule has 0 atom stereocenters. The summed E-state index contributed by atoms with van der Waals surface area (Å²) < 4.78 is 0. The van der Waals surface area contributed by atoms with Crippen molar-refractivity contribution in [3.8, 4) is 0 Å². The lowest BCUT2D eigenvalue weighted by molar-refractivity contribution is -0.141. The highest BCUT2D eigenvalue weighted by Gasteiger charge is 2.33. The zero-order valence-corrected chi connectivity index (χ0v) is 11.7. The first-order valence-electron chi connectivity index (χ1n) is 6.62. The minimum absolute atomic E-state index is 0.176. The van der Waals surface area contributed by atoms with E-state index in [2.05, 4.69) is 11.8 Å². The summed E-state index contributed by atoms with van der Waals surface area (Å²) >= 11 is 0. The van der Waals surface area contributed by atoms with Gasteiger partial charge in [0.1, 0.15) is 0 Å². The maximum atomic E-state index is 12.3. The van der Waals surface area contributed by atoms with E-state index in [1.165, 1.54) is 0 Å². The van der Waals surface area contributed by atoms with E-state index in [0.717, 1.165) is 32.5 Å². The molecule has 0 aromatic carbocycles. The Hall–Kier alpha value is -0.610. The zero-order chi connectivity index (χ0) is 13.1. The lowest BCUT2D eigenvalue weighted by Crippen LogP contribution is -2.50. The van der Waals surface area contributed by atoms with Crippen LogP contribution in [0.3, 0.4) is 0 Å². The van der Waals surface area contributed by atoms with Crippen LogP contribution in [0, 0.1) is 5.41 Å². The van der Waals surface area contributed by atoms with Gasteiger partial charge in [0.2, 0.25) is 5.91 Å². The minimum atomic E-state index is -0.434. The smallest absolute Gasteiger partial charge is 0.229 e. The van der Waals surface area contributed by atoms with Crippen molar-refractivity contribution in [3.63, 3.8) is 0 Å². The van der Waals surface area contributed by atoms with Gasteiger partial charge < -0.3 is 15.5 Å². The molecule has 1 fully saturated rings. The maximum absolute atomic E-state index is 12.3. The Morgan fingerprint density at radius 2 is 1.94 bits per heavy atom. The summed E-state index contributed by atoms with van der Waals surface area (Å²) in [5, 5.41) is 0. The largest absolute Gasteiger partial charge is 0.342 e. The van der Waals surface area contributed by atoms with Crippen LogP contribution in [0.15, 0.2) is 0 Å². The first-order valence-corrected chi connectivity index (χ1v) is 6.62. The van der Waals surface area contributed by atoms with Gasteiger partial charge in [0.05, 0.1) is 5.41 Å². The Kier molecular flexibility index (Phi) is 4.95. The highest BCUT2D eigenvalue weighted by molar-refractivity contribution is 5.82. The molecule has 1 heterocycles. The van der Waals surface area contributed by atoms with Gasteiger partial charge in [-0.15, -0.1) is 0 Å². The maximum Gasteiger partial charge on any atom is 0.229 e. The number of carbonyl (C=O) groups excluding carboxylic acids is 1. The van der Waals surface area contributed by atoms with Crippen LogP contribution in [0.1, 0.15) is 33.6 Å². The Labute approximate surface area is 105 Å². The molecule has 0 aromatic heterocycles. The summed E-state index contributed by atoms with van der Waals surface area (Å²) in [6, 6.07) is 0.385. The average molecular weight is 241 g/mol. The fourth-order valence-electron chi connectivity index (χ4n) is 2.35. The Morgan fingerprint density at radius 1 is 1.41 bits per heavy atom. The van der Waals surface area contributed by atoms with Crippen molar-refractivity contribution in [2.24, 2.45) is 11.1 Å². The first-order chi connectivity index (χ1) is 7.92. The number of rotatable bonds is 4. The number of piperidine rings is 1. The van der Waals surface area contributed by atoms with Gasteiger partial charge >= 0.3 is 0 Å². The van der Waals surface area contributed by atoms with Crippen molar-refractivity contribution in [2.75, 3.05) is 33.2 Å². The highest BCUT2D eigenvalue weighted by atomic mass is 16.2. The third kappa shape index (κ3) is 3.42. The van der Waals surface area contributed by atoms with E-state index in [4.69, 9.17) is 5.73 Å². The second kappa shape index (κ2) is 5.83. The fourth-order valence-corrected chi connectivity index (χ4v) is 2.35. The Bertz CT molecular complexity index is 257. The van der Waals surface area contributed by atoms with Crippen molar-refractivity contribution < 1.29 is 4.79 Å². The molecule has 0 aromatic rings. The van der Waals surface area contributed by atoms with E-state index in [-0.39, 0.29) is 5.91 Å². The van der Waals surface area contributed by atoms with Gasteiger partial charge in [0, 0.05) is 32.7 Å². The molecule has 1 aliphatic heterocycles. The summed E-state index contributed by atoms with van der Waals surface area (Å²) in [5.41, 5.74) is 5.23. The minimum Gasteiger partial charge on any atom is -0.342 e. The number of amides is 1. The number of hydrogen-bond acceptors (Lipinski definition) is 3. The molecule has 0 unspecified atom stereocenters. The quantitative estimate of drug-likeness (QED) is 0.796. The summed E-state index contributed by atoms with van der Waals surface area (Å²) in [7, 11) is 1.92. The Balaban J connectivity index is 2.54. The molecule has 0 saturated carbocycles. The van der Waals surface area contributed by atoms with Gasteiger partial charge in [-0.25, -0.2) is 0 Å². The monoisotopic (exact) mass is 241 g/mol. The lowest BCUT2D eigenvalue weighted by Gasteiger charge is -2.39. The molecule has 1 rings (SSSR count). The molecule has 1 saturated heterocycles. The molecule has 0 aliphatic carbocycles. The molecule has 0 spiro atoms. The number of hydrogen-bond donors (Lipinski definition) is 1. The molecular formula is C13H27N3O. The van der Waals surface area contributed by atoms with Crippen LogP contribution in [0.4, 0.5) is 0 Å². The van der Waals surface area contributed by atoms with E-state index >= 15 is 0 Å². The molecular weight excluding hydrogens is 214 g/mol. The van der Waals surface area contributed by atoms with E-state index in [9.17, 15) is 4.79 Å². The molecule has 1 aliphatic rings. The normalized spacial score (nSPS) is 19.4. The van der Waals surface area contributed by atoms with Crippen molar-refractivity contribution in [3.05, 3.63) is 0 Å². The first kappa shape index (κ1) is 14.5. The van der Waals surface area contributed by atoms with E-state index < -0.39 is 5.41 Å². The number of nitrogens with zero attached hydrogens (tertiary/aromatic N) is 2. The molecule has 1 amide bonds. The van der Waals surface area contributed by atoms with Gasteiger partial charge in [-0.05, 0) is 33.2 Å². The van der Waals surface area contributed by atoms with E-state index in [0.29, 0.717) is 12.6 Å². The van der Waals surface area contributed by atoms with E-state index in [1.807, 2.05) is 25.8 Å². The molecule has 2 N–H and O–H groups in total. The predicted octanol–water partition coefficient (Wildman–Crippen LogP) is 0.914. The SMILES string of the molecule is CCN1CCC(N(C)C(=O)C(C)(C)CN)CC1. The topological polar surface area (TPSA) is 49.6 Å². The summed E-state index contributed by atoms with van der Waals surface area (Å²) in [4.78, 5) is 16.6. The molecule has 100 valence electrons. The second-order valence-electron chi connectivity index (χ2n) is 5.67. The zero-order valence-electron chi connectivity index (χ0n) is 11.7. The third-order valence-corrected chi connectivity index (χ3v) is 3.96. The van der Waals surface area contributed by atoms with Crippen LogP contribution in [0.25, 0.3) is 0 Å². The van der Waals surface area contributed by atoms with Crippen LogP contribution in [0.2, 0.25) is 0 Å². The standard InChI is InChI=1S/C13H27N3O/c1-5-16-8-6-11(7-9-16)15(4)12(17)13(2,3)10-14/h11H,5-10,14H2,1-4H3.